The number of rotatable bonds is 2. The van der Waals surface area contributed by atoms with Crippen LogP contribution in [-0.2, 0) is 0 Å². The van der Waals surface area contributed by atoms with Gasteiger partial charge in [-0.3, -0.25) is 4.79 Å². The average Bonchev–Trinajstić information content (AvgIpc) is 2.41. The van der Waals surface area contributed by atoms with Crippen molar-refractivity contribution in [1.29, 1.82) is 5.26 Å². The number of carbonyl (C=O) groups excluding carboxylic acids is 1. The molecule has 5 heteroatoms. The number of amides is 1. The second kappa shape index (κ2) is 5.06. The minimum absolute atomic E-state index is 0.0914. The van der Waals surface area contributed by atoms with Crippen LogP contribution in [-0.4, -0.2) is 10.9 Å². The Kier molecular flexibility index (Phi) is 3.30. The number of nitrogens with one attached hydrogen (secondary N) is 1. The number of nitrogens with zero attached hydrogens (tertiary/aromatic N) is 2. The first-order chi connectivity index (χ1) is 8.70. The van der Waals surface area contributed by atoms with Gasteiger partial charge in [0.1, 0.15) is 17.6 Å². The Morgan fingerprint density at radius 3 is 2.67 bits per heavy atom. The van der Waals surface area contributed by atoms with Crippen molar-refractivity contribution in [1.82, 2.24) is 4.98 Å². The number of benzene rings is 1. The van der Waals surface area contributed by atoms with Gasteiger partial charge < -0.3 is 5.32 Å². The molecule has 0 saturated heterocycles. The van der Waals surface area contributed by atoms with E-state index in [1.807, 2.05) is 6.07 Å². The van der Waals surface area contributed by atoms with Gasteiger partial charge in [0.05, 0.1) is 11.3 Å². The van der Waals surface area contributed by atoms with Crippen LogP contribution in [0.3, 0.4) is 0 Å². The number of para-hydroxylation sites is 1. The van der Waals surface area contributed by atoms with Gasteiger partial charge in [0, 0.05) is 6.20 Å². The lowest BCUT2D eigenvalue weighted by atomic mass is 10.2. The lowest BCUT2D eigenvalue weighted by Gasteiger charge is -2.05. The van der Waals surface area contributed by atoms with Gasteiger partial charge in [-0.05, 0) is 24.3 Å². The monoisotopic (exact) mass is 241 g/mol. The maximum atomic E-state index is 13.3. The summed E-state index contributed by atoms with van der Waals surface area (Å²) in [7, 11) is 0. The Morgan fingerprint density at radius 2 is 2.06 bits per heavy atom. The zero-order chi connectivity index (χ0) is 13.0. The molecule has 0 bridgehead atoms. The number of hydrogen-bond acceptors (Lipinski definition) is 3. The molecule has 0 unspecified atom stereocenters. The van der Waals surface area contributed by atoms with E-state index in [9.17, 15) is 9.18 Å². The molecule has 0 spiro atoms. The largest absolute Gasteiger partial charge is 0.318 e. The van der Waals surface area contributed by atoms with Crippen molar-refractivity contribution in [2.45, 2.75) is 0 Å². The lowest BCUT2D eigenvalue weighted by Crippen LogP contribution is -2.14. The van der Waals surface area contributed by atoms with E-state index in [2.05, 4.69) is 10.3 Å². The van der Waals surface area contributed by atoms with Crippen LogP contribution < -0.4 is 5.32 Å². The van der Waals surface area contributed by atoms with Crippen molar-refractivity contribution >= 4 is 11.6 Å². The van der Waals surface area contributed by atoms with Crippen LogP contribution in [0.15, 0.2) is 42.6 Å². The number of nitriles is 1. The predicted octanol–water partition coefficient (Wildman–Crippen LogP) is 2.34. The fraction of sp³-hybridized carbons (Fsp3) is 0. The van der Waals surface area contributed by atoms with Gasteiger partial charge in [-0.1, -0.05) is 12.1 Å². The third kappa shape index (κ3) is 2.50. The van der Waals surface area contributed by atoms with Crippen molar-refractivity contribution < 1.29 is 9.18 Å². The molecule has 0 atom stereocenters. The number of aromatic nitrogens is 1. The molecule has 2 rings (SSSR count). The van der Waals surface area contributed by atoms with E-state index >= 15 is 0 Å². The molecule has 1 aromatic heterocycles. The summed E-state index contributed by atoms with van der Waals surface area (Å²) < 4.78 is 13.3. The van der Waals surface area contributed by atoms with E-state index in [-0.39, 0.29) is 11.4 Å². The highest BCUT2D eigenvalue weighted by molar-refractivity contribution is 6.02. The summed E-state index contributed by atoms with van der Waals surface area (Å²) in [6.45, 7) is 0. The van der Waals surface area contributed by atoms with E-state index in [1.165, 1.54) is 36.5 Å². The van der Waals surface area contributed by atoms with Crippen LogP contribution in [0.4, 0.5) is 10.1 Å². The quantitative estimate of drug-likeness (QED) is 0.877. The van der Waals surface area contributed by atoms with Crippen LogP contribution in [0.5, 0.6) is 0 Å². The van der Waals surface area contributed by atoms with Crippen LogP contribution in [0.1, 0.15) is 16.1 Å². The van der Waals surface area contributed by atoms with Crippen LogP contribution in [0.2, 0.25) is 0 Å². The molecule has 0 aliphatic heterocycles. The summed E-state index contributed by atoms with van der Waals surface area (Å²) in [4.78, 5) is 15.6. The Hall–Kier alpha value is -2.74. The van der Waals surface area contributed by atoms with Gasteiger partial charge in [0.2, 0.25) is 0 Å². The first kappa shape index (κ1) is 11.7. The SMILES string of the molecule is N#Cc1ccc(C(=O)Nc2ccccc2F)nc1. The van der Waals surface area contributed by atoms with Crippen molar-refractivity contribution in [3.05, 3.63) is 59.7 Å². The molecule has 2 aromatic rings. The van der Waals surface area contributed by atoms with E-state index in [0.29, 0.717) is 5.56 Å². The molecular weight excluding hydrogens is 233 g/mol. The highest BCUT2D eigenvalue weighted by Gasteiger charge is 2.09. The van der Waals surface area contributed by atoms with E-state index in [0.717, 1.165) is 0 Å². The third-order valence-electron chi connectivity index (χ3n) is 2.25. The molecule has 1 heterocycles. The van der Waals surface area contributed by atoms with E-state index in [4.69, 9.17) is 5.26 Å². The van der Waals surface area contributed by atoms with Gasteiger partial charge in [-0.2, -0.15) is 5.26 Å². The smallest absolute Gasteiger partial charge is 0.274 e. The minimum Gasteiger partial charge on any atom is -0.318 e. The van der Waals surface area contributed by atoms with Crippen LogP contribution in [0, 0.1) is 17.1 Å². The highest BCUT2D eigenvalue weighted by Crippen LogP contribution is 2.13. The number of halogens is 1. The zero-order valence-electron chi connectivity index (χ0n) is 9.22. The van der Waals surface area contributed by atoms with Gasteiger partial charge in [0.15, 0.2) is 0 Å². The normalized spacial score (nSPS) is 9.56. The molecule has 1 amide bonds. The zero-order valence-corrected chi connectivity index (χ0v) is 9.22. The van der Waals surface area contributed by atoms with E-state index in [1.54, 1.807) is 6.07 Å². The highest BCUT2D eigenvalue weighted by atomic mass is 19.1. The molecule has 0 fully saturated rings. The summed E-state index contributed by atoms with van der Waals surface area (Å²) >= 11 is 0. The first-order valence-corrected chi connectivity index (χ1v) is 5.13. The van der Waals surface area contributed by atoms with Crippen molar-refractivity contribution in [2.75, 3.05) is 5.32 Å². The molecule has 18 heavy (non-hydrogen) atoms. The Bertz CT molecular complexity index is 617. The average molecular weight is 241 g/mol. The number of carbonyl (C=O) groups is 1. The van der Waals surface area contributed by atoms with Gasteiger partial charge >= 0.3 is 0 Å². The van der Waals surface area contributed by atoms with E-state index < -0.39 is 11.7 Å². The summed E-state index contributed by atoms with van der Waals surface area (Å²) in [6, 6.07) is 10.6. The number of hydrogen-bond donors (Lipinski definition) is 1. The number of pyridine rings is 1. The standard InChI is InChI=1S/C13H8FN3O/c14-10-3-1-2-4-11(10)17-13(18)12-6-5-9(7-15)8-16-12/h1-6,8H,(H,17,18). The second-order valence-electron chi connectivity index (χ2n) is 3.48. The molecule has 0 saturated carbocycles. The molecule has 0 aliphatic rings. The maximum absolute atomic E-state index is 13.3. The van der Waals surface area contributed by atoms with Crippen molar-refractivity contribution in [3.63, 3.8) is 0 Å². The Labute approximate surface area is 103 Å². The molecule has 88 valence electrons. The molecule has 0 radical (unpaired) electrons. The number of anilines is 1. The topological polar surface area (TPSA) is 65.8 Å². The molecule has 0 aliphatic carbocycles. The van der Waals surface area contributed by atoms with Crippen molar-refractivity contribution in [3.8, 4) is 6.07 Å². The molecular formula is C13H8FN3O. The van der Waals surface area contributed by atoms with Crippen LogP contribution >= 0.6 is 0 Å². The fourth-order valence-corrected chi connectivity index (χ4v) is 1.34. The van der Waals surface area contributed by atoms with Gasteiger partial charge in [-0.15, -0.1) is 0 Å². The van der Waals surface area contributed by atoms with Gasteiger partial charge in [0.25, 0.3) is 5.91 Å². The Morgan fingerprint density at radius 1 is 1.28 bits per heavy atom. The molecule has 1 N–H and O–H groups in total. The summed E-state index contributed by atoms with van der Waals surface area (Å²) in [6.07, 6.45) is 1.29. The third-order valence-corrected chi connectivity index (χ3v) is 2.25. The predicted molar refractivity (Wildman–Crippen MR) is 63.3 cm³/mol. The lowest BCUT2D eigenvalue weighted by molar-refractivity contribution is 0.102. The summed E-state index contributed by atoms with van der Waals surface area (Å²) in [5, 5.41) is 11.0. The maximum Gasteiger partial charge on any atom is 0.274 e. The Balaban J connectivity index is 2.17. The molecule has 4 nitrogen and oxygen atoms in total. The van der Waals surface area contributed by atoms with Crippen molar-refractivity contribution in [2.24, 2.45) is 0 Å². The summed E-state index contributed by atoms with van der Waals surface area (Å²) in [5.74, 6) is -1.04. The minimum atomic E-state index is -0.524. The second-order valence-corrected chi connectivity index (χ2v) is 3.48. The first-order valence-electron chi connectivity index (χ1n) is 5.13. The van der Waals surface area contributed by atoms with Gasteiger partial charge in [-0.25, -0.2) is 9.37 Å². The fourth-order valence-electron chi connectivity index (χ4n) is 1.34. The summed E-state index contributed by atoms with van der Waals surface area (Å²) in [5.41, 5.74) is 0.573. The van der Waals surface area contributed by atoms with Crippen LogP contribution in [0.25, 0.3) is 0 Å². The molecule has 1 aromatic carbocycles.